The zero-order valence-electron chi connectivity index (χ0n) is 12.6. The average molecular weight is 338 g/mol. The molecule has 0 atom stereocenters. The molecular weight excluding hydrogens is 318 g/mol. The molecule has 118 valence electrons. The first-order valence-corrected chi connectivity index (χ1v) is 8.74. The summed E-state index contributed by atoms with van der Waals surface area (Å²) in [4.78, 5) is 2.02. The minimum Gasteiger partial charge on any atom is -0.388 e. The molecule has 0 spiro atoms. The lowest BCUT2D eigenvalue weighted by Gasteiger charge is -2.27. The molecule has 3 rings (SSSR count). The third-order valence-electron chi connectivity index (χ3n) is 4.12. The largest absolute Gasteiger partial charge is 0.388 e. The molecule has 0 saturated heterocycles. The van der Waals surface area contributed by atoms with Crippen LogP contribution in [-0.2, 0) is 6.42 Å². The van der Waals surface area contributed by atoms with Gasteiger partial charge >= 0.3 is 0 Å². The van der Waals surface area contributed by atoms with Gasteiger partial charge < -0.3 is 10.0 Å². The van der Waals surface area contributed by atoms with Gasteiger partial charge in [0.25, 0.3) is 0 Å². The minimum atomic E-state index is -0.559. The second-order valence-corrected chi connectivity index (χ2v) is 7.55. The molecule has 1 aromatic carbocycles. The topological polar surface area (TPSA) is 49.2 Å². The first-order chi connectivity index (χ1) is 10.5. The molecule has 1 aliphatic rings. The summed E-state index contributed by atoms with van der Waals surface area (Å²) in [5.74, 6) is 0. The van der Waals surface area contributed by atoms with Gasteiger partial charge in [-0.1, -0.05) is 47.9 Å². The Morgan fingerprint density at radius 2 is 1.91 bits per heavy atom. The third kappa shape index (κ3) is 3.77. The summed E-state index contributed by atoms with van der Waals surface area (Å²) in [7, 11) is 1.98. The van der Waals surface area contributed by atoms with Gasteiger partial charge in [0.1, 0.15) is 5.01 Å². The monoisotopic (exact) mass is 337 g/mol. The van der Waals surface area contributed by atoms with Crippen molar-refractivity contribution < 1.29 is 5.11 Å². The van der Waals surface area contributed by atoms with Gasteiger partial charge in [0.05, 0.1) is 5.60 Å². The summed E-state index contributed by atoms with van der Waals surface area (Å²) in [6, 6.07) is 7.80. The van der Waals surface area contributed by atoms with E-state index in [1.165, 1.54) is 5.56 Å². The number of benzene rings is 1. The van der Waals surface area contributed by atoms with Crippen LogP contribution in [0.25, 0.3) is 0 Å². The van der Waals surface area contributed by atoms with Gasteiger partial charge in [-0.15, -0.1) is 10.2 Å². The lowest BCUT2D eigenvalue weighted by atomic mass is 10.0. The molecule has 0 amide bonds. The lowest BCUT2D eigenvalue weighted by Crippen LogP contribution is -2.39. The molecule has 4 nitrogen and oxygen atoms in total. The van der Waals surface area contributed by atoms with E-state index in [1.807, 2.05) is 36.2 Å². The van der Waals surface area contributed by atoms with Crippen molar-refractivity contribution in [1.82, 2.24) is 10.2 Å². The Morgan fingerprint density at radius 3 is 2.59 bits per heavy atom. The van der Waals surface area contributed by atoms with Crippen molar-refractivity contribution >= 4 is 28.1 Å². The van der Waals surface area contributed by atoms with E-state index in [1.54, 1.807) is 11.3 Å². The van der Waals surface area contributed by atoms with Crippen LogP contribution >= 0.6 is 22.9 Å². The highest BCUT2D eigenvalue weighted by Gasteiger charge is 2.32. The fourth-order valence-electron chi connectivity index (χ4n) is 2.95. The highest BCUT2D eigenvalue weighted by Crippen LogP contribution is 2.32. The highest BCUT2D eigenvalue weighted by molar-refractivity contribution is 7.15. The summed E-state index contributed by atoms with van der Waals surface area (Å²) in [5, 5.41) is 21.6. The smallest absolute Gasteiger partial charge is 0.208 e. The van der Waals surface area contributed by atoms with E-state index < -0.39 is 5.60 Å². The number of halogens is 1. The van der Waals surface area contributed by atoms with E-state index in [0.29, 0.717) is 6.54 Å². The predicted molar refractivity (Wildman–Crippen MR) is 90.9 cm³/mol. The molecule has 1 N–H and O–H groups in total. The fraction of sp³-hybridized carbons (Fsp3) is 0.500. The average Bonchev–Trinajstić information content (AvgIpc) is 3.11. The van der Waals surface area contributed by atoms with Crippen molar-refractivity contribution in [3.05, 3.63) is 39.9 Å². The van der Waals surface area contributed by atoms with Crippen molar-refractivity contribution in [2.75, 3.05) is 18.5 Å². The van der Waals surface area contributed by atoms with Crippen LogP contribution in [0.2, 0.25) is 5.02 Å². The summed E-state index contributed by atoms with van der Waals surface area (Å²) in [6.07, 6.45) is 4.75. The first kappa shape index (κ1) is 15.7. The molecule has 0 bridgehead atoms. The minimum absolute atomic E-state index is 0.559. The van der Waals surface area contributed by atoms with E-state index in [0.717, 1.165) is 47.3 Å². The standard InChI is InChI=1S/C16H20ClN3OS/c1-20(11-16(21)8-2-3-9-16)15-19-18-14(22-15)10-12-4-6-13(17)7-5-12/h4-7,21H,2-3,8-11H2,1H3. The number of aromatic nitrogens is 2. The number of likely N-dealkylation sites (N-methyl/N-ethyl adjacent to an activating group) is 1. The van der Waals surface area contributed by atoms with E-state index in [9.17, 15) is 5.11 Å². The van der Waals surface area contributed by atoms with Gasteiger partial charge in [0, 0.05) is 25.0 Å². The SMILES string of the molecule is CN(CC1(O)CCCC1)c1nnc(Cc2ccc(Cl)cc2)s1. The van der Waals surface area contributed by atoms with Crippen molar-refractivity contribution in [2.45, 2.75) is 37.7 Å². The van der Waals surface area contributed by atoms with Gasteiger partial charge in [-0.25, -0.2) is 0 Å². The molecule has 1 aromatic heterocycles. The van der Waals surface area contributed by atoms with Crippen molar-refractivity contribution in [3.63, 3.8) is 0 Å². The molecular formula is C16H20ClN3OS. The van der Waals surface area contributed by atoms with Crippen molar-refractivity contribution in [2.24, 2.45) is 0 Å². The molecule has 1 heterocycles. The van der Waals surface area contributed by atoms with Gasteiger partial charge in [0.15, 0.2) is 0 Å². The molecule has 0 radical (unpaired) electrons. The number of hydrogen-bond donors (Lipinski definition) is 1. The van der Waals surface area contributed by atoms with Crippen LogP contribution < -0.4 is 4.90 Å². The highest BCUT2D eigenvalue weighted by atomic mass is 35.5. The predicted octanol–water partition coefficient (Wildman–Crippen LogP) is 3.52. The second kappa shape index (κ2) is 6.52. The number of rotatable bonds is 5. The number of nitrogens with zero attached hydrogens (tertiary/aromatic N) is 3. The Balaban J connectivity index is 1.64. The Kier molecular flexibility index (Phi) is 4.66. The normalized spacial score (nSPS) is 16.9. The molecule has 0 unspecified atom stereocenters. The third-order valence-corrected chi connectivity index (χ3v) is 5.41. The second-order valence-electron chi connectivity index (χ2n) is 6.07. The van der Waals surface area contributed by atoms with Crippen LogP contribution in [0.5, 0.6) is 0 Å². The van der Waals surface area contributed by atoms with Gasteiger partial charge in [-0.05, 0) is 30.5 Å². The summed E-state index contributed by atoms with van der Waals surface area (Å²) in [5.41, 5.74) is 0.612. The van der Waals surface area contributed by atoms with E-state index in [2.05, 4.69) is 10.2 Å². The van der Waals surface area contributed by atoms with Crippen LogP contribution in [0.1, 0.15) is 36.3 Å². The van der Waals surface area contributed by atoms with E-state index in [4.69, 9.17) is 11.6 Å². The quantitative estimate of drug-likeness (QED) is 0.906. The molecule has 1 fully saturated rings. The van der Waals surface area contributed by atoms with E-state index >= 15 is 0 Å². The number of hydrogen-bond acceptors (Lipinski definition) is 5. The lowest BCUT2D eigenvalue weighted by molar-refractivity contribution is 0.0559. The summed E-state index contributed by atoms with van der Waals surface area (Å²) in [6.45, 7) is 0.628. The maximum absolute atomic E-state index is 10.5. The maximum atomic E-state index is 10.5. The Labute approximate surface area is 139 Å². The molecule has 1 saturated carbocycles. The van der Waals surface area contributed by atoms with Crippen LogP contribution in [-0.4, -0.2) is 34.5 Å². The molecule has 22 heavy (non-hydrogen) atoms. The molecule has 0 aliphatic heterocycles. The Morgan fingerprint density at radius 1 is 1.23 bits per heavy atom. The Bertz CT molecular complexity index is 623. The molecule has 1 aliphatic carbocycles. The van der Waals surface area contributed by atoms with Gasteiger partial charge in [0.2, 0.25) is 5.13 Å². The summed E-state index contributed by atoms with van der Waals surface area (Å²) >= 11 is 7.48. The zero-order valence-corrected chi connectivity index (χ0v) is 14.2. The first-order valence-electron chi connectivity index (χ1n) is 7.54. The Hall–Kier alpha value is -1.17. The van der Waals surface area contributed by atoms with Crippen LogP contribution in [0.15, 0.2) is 24.3 Å². The number of anilines is 1. The van der Waals surface area contributed by atoms with E-state index in [-0.39, 0.29) is 0 Å². The fourth-order valence-corrected chi connectivity index (χ4v) is 3.91. The van der Waals surface area contributed by atoms with Crippen LogP contribution in [0.4, 0.5) is 5.13 Å². The van der Waals surface area contributed by atoms with Crippen molar-refractivity contribution in [1.29, 1.82) is 0 Å². The van der Waals surface area contributed by atoms with Crippen LogP contribution in [0, 0.1) is 0 Å². The van der Waals surface area contributed by atoms with Gasteiger partial charge in [-0.2, -0.15) is 0 Å². The number of aliphatic hydroxyl groups is 1. The zero-order chi connectivity index (χ0) is 15.6. The molecule has 6 heteroatoms. The van der Waals surface area contributed by atoms with Crippen LogP contribution in [0.3, 0.4) is 0 Å². The maximum Gasteiger partial charge on any atom is 0.208 e. The summed E-state index contributed by atoms with van der Waals surface area (Å²) < 4.78 is 0. The molecule has 2 aromatic rings. The van der Waals surface area contributed by atoms with Crippen molar-refractivity contribution in [3.8, 4) is 0 Å². The van der Waals surface area contributed by atoms with Gasteiger partial charge in [-0.3, -0.25) is 0 Å².